The van der Waals surface area contributed by atoms with Gasteiger partial charge in [-0.15, -0.1) is 0 Å². The van der Waals surface area contributed by atoms with E-state index in [0.29, 0.717) is 16.9 Å². The molecule has 0 aromatic heterocycles. The van der Waals surface area contributed by atoms with Crippen molar-refractivity contribution in [1.29, 1.82) is 0 Å². The number of aliphatic hydroxyl groups excluding tert-OH is 1. The van der Waals surface area contributed by atoms with Crippen LogP contribution in [0.5, 0.6) is 5.75 Å². The zero-order valence-corrected chi connectivity index (χ0v) is 8.02. The third kappa shape index (κ3) is 2.03. The molecule has 0 heterocycles. The van der Waals surface area contributed by atoms with E-state index in [1.807, 2.05) is 0 Å². The van der Waals surface area contributed by atoms with Crippen LogP contribution in [-0.2, 0) is 4.79 Å². The molecule has 0 aliphatic carbocycles. The lowest BCUT2D eigenvalue weighted by Crippen LogP contribution is -2.11. The number of aryl methyl sites for hydroxylation is 1. The summed E-state index contributed by atoms with van der Waals surface area (Å²) in [6.07, 6.45) is -1.47. The minimum atomic E-state index is -1.47. The lowest BCUT2D eigenvalue weighted by molar-refractivity contribution is -0.147. The molecule has 1 rings (SSSR count). The Bertz CT molecular complexity index is 346. The van der Waals surface area contributed by atoms with Crippen LogP contribution in [0, 0.1) is 6.92 Å². The molecule has 4 heteroatoms. The lowest BCUT2D eigenvalue weighted by Gasteiger charge is -2.10. The molecule has 0 fully saturated rings. The van der Waals surface area contributed by atoms with Crippen molar-refractivity contribution >= 4 is 5.97 Å². The van der Waals surface area contributed by atoms with E-state index in [2.05, 4.69) is 0 Å². The van der Waals surface area contributed by atoms with Crippen molar-refractivity contribution in [3.8, 4) is 5.75 Å². The van der Waals surface area contributed by atoms with Crippen LogP contribution in [-0.4, -0.2) is 23.3 Å². The van der Waals surface area contributed by atoms with Crippen molar-refractivity contribution < 1.29 is 19.7 Å². The zero-order valence-electron chi connectivity index (χ0n) is 8.02. The van der Waals surface area contributed by atoms with Gasteiger partial charge >= 0.3 is 5.97 Å². The maximum atomic E-state index is 10.5. The van der Waals surface area contributed by atoms with Crippen molar-refractivity contribution in [2.24, 2.45) is 0 Å². The first kappa shape index (κ1) is 10.5. The van der Waals surface area contributed by atoms with E-state index in [9.17, 15) is 9.90 Å². The SMILES string of the molecule is COc1ccc([C@H](O)C(=O)O)c(C)c1. The number of aliphatic hydroxyl groups is 1. The monoisotopic (exact) mass is 196 g/mol. The fraction of sp³-hybridized carbons (Fsp3) is 0.300. The number of aliphatic carboxylic acids is 1. The second-order valence-electron chi connectivity index (χ2n) is 2.96. The molecule has 0 amide bonds. The summed E-state index contributed by atoms with van der Waals surface area (Å²) >= 11 is 0. The minimum absolute atomic E-state index is 0.387. The number of methoxy groups -OCH3 is 1. The van der Waals surface area contributed by atoms with E-state index in [0.717, 1.165) is 0 Å². The largest absolute Gasteiger partial charge is 0.497 e. The fourth-order valence-electron chi connectivity index (χ4n) is 1.21. The average molecular weight is 196 g/mol. The van der Waals surface area contributed by atoms with Crippen molar-refractivity contribution in [3.63, 3.8) is 0 Å². The van der Waals surface area contributed by atoms with Crippen LogP contribution >= 0.6 is 0 Å². The van der Waals surface area contributed by atoms with Gasteiger partial charge in [0.2, 0.25) is 0 Å². The van der Waals surface area contributed by atoms with Crippen molar-refractivity contribution in [2.75, 3.05) is 7.11 Å². The standard InChI is InChI=1S/C10H12O4/c1-6-5-7(14-2)3-4-8(6)9(11)10(12)13/h3-5,9,11H,1-2H3,(H,12,13)/t9-/m0/s1. The number of hydrogen-bond donors (Lipinski definition) is 2. The van der Waals surface area contributed by atoms with E-state index >= 15 is 0 Å². The van der Waals surface area contributed by atoms with Gasteiger partial charge in [0, 0.05) is 0 Å². The van der Waals surface area contributed by atoms with Gasteiger partial charge in [-0.05, 0) is 30.2 Å². The second-order valence-corrected chi connectivity index (χ2v) is 2.96. The van der Waals surface area contributed by atoms with E-state index in [-0.39, 0.29) is 0 Å². The van der Waals surface area contributed by atoms with Crippen LogP contribution in [0.15, 0.2) is 18.2 Å². The molecule has 0 saturated heterocycles. The Morgan fingerprint density at radius 2 is 2.14 bits per heavy atom. The maximum absolute atomic E-state index is 10.5. The molecule has 2 N–H and O–H groups in total. The van der Waals surface area contributed by atoms with Gasteiger partial charge in [-0.1, -0.05) is 6.07 Å². The summed E-state index contributed by atoms with van der Waals surface area (Å²) in [5.41, 5.74) is 1.08. The molecule has 0 bridgehead atoms. The molecule has 0 spiro atoms. The Hall–Kier alpha value is -1.55. The molecule has 1 aromatic carbocycles. The van der Waals surface area contributed by atoms with Gasteiger partial charge in [-0.2, -0.15) is 0 Å². The van der Waals surface area contributed by atoms with E-state index in [1.54, 1.807) is 25.1 Å². The molecule has 0 radical (unpaired) electrons. The highest BCUT2D eigenvalue weighted by Crippen LogP contribution is 2.22. The molecular formula is C10H12O4. The third-order valence-corrected chi connectivity index (χ3v) is 2.01. The van der Waals surface area contributed by atoms with Gasteiger partial charge in [0.25, 0.3) is 0 Å². The van der Waals surface area contributed by atoms with Crippen molar-refractivity contribution in [1.82, 2.24) is 0 Å². The highest BCUT2D eigenvalue weighted by molar-refractivity contribution is 5.74. The first-order chi connectivity index (χ1) is 6.56. The number of carboxylic acid groups (broad SMARTS) is 1. The van der Waals surface area contributed by atoms with Crippen LogP contribution < -0.4 is 4.74 Å². The highest BCUT2D eigenvalue weighted by atomic mass is 16.5. The lowest BCUT2D eigenvalue weighted by atomic mass is 10.0. The summed E-state index contributed by atoms with van der Waals surface area (Å²) in [7, 11) is 1.53. The number of carboxylic acids is 1. The van der Waals surface area contributed by atoms with Crippen LogP contribution in [0.3, 0.4) is 0 Å². The molecule has 1 aromatic rings. The number of hydrogen-bond acceptors (Lipinski definition) is 3. The summed E-state index contributed by atoms with van der Waals surface area (Å²) in [4.78, 5) is 10.5. The van der Waals surface area contributed by atoms with Crippen LogP contribution in [0.4, 0.5) is 0 Å². The Labute approximate surface area is 81.8 Å². The topological polar surface area (TPSA) is 66.8 Å². The second kappa shape index (κ2) is 4.11. The summed E-state index contributed by atoms with van der Waals surface area (Å²) in [6, 6.07) is 4.85. The van der Waals surface area contributed by atoms with Gasteiger partial charge in [-0.25, -0.2) is 4.79 Å². The van der Waals surface area contributed by atoms with Crippen LogP contribution in [0.25, 0.3) is 0 Å². The predicted molar refractivity (Wildman–Crippen MR) is 50.3 cm³/mol. The molecule has 14 heavy (non-hydrogen) atoms. The smallest absolute Gasteiger partial charge is 0.337 e. The summed E-state index contributed by atoms with van der Waals surface area (Å²) in [5, 5.41) is 17.9. The van der Waals surface area contributed by atoms with Gasteiger partial charge in [0.05, 0.1) is 7.11 Å². The summed E-state index contributed by atoms with van der Waals surface area (Å²) in [6.45, 7) is 1.73. The van der Waals surface area contributed by atoms with E-state index in [1.165, 1.54) is 7.11 Å². The molecule has 76 valence electrons. The molecule has 0 aliphatic heterocycles. The maximum Gasteiger partial charge on any atom is 0.337 e. The average Bonchev–Trinajstić information content (AvgIpc) is 2.16. The quantitative estimate of drug-likeness (QED) is 0.760. The molecular weight excluding hydrogens is 184 g/mol. The third-order valence-electron chi connectivity index (χ3n) is 2.01. The molecule has 0 aliphatic rings. The molecule has 4 nitrogen and oxygen atoms in total. The van der Waals surface area contributed by atoms with E-state index in [4.69, 9.17) is 9.84 Å². The van der Waals surface area contributed by atoms with Gasteiger partial charge < -0.3 is 14.9 Å². The van der Waals surface area contributed by atoms with Crippen molar-refractivity contribution in [3.05, 3.63) is 29.3 Å². The Kier molecular flexibility index (Phi) is 3.09. The number of benzene rings is 1. The predicted octanol–water partition coefficient (Wildman–Crippen LogP) is 1.12. The molecule has 0 saturated carbocycles. The summed E-state index contributed by atoms with van der Waals surface area (Å²) < 4.78 is 4.96. The molecule has 0 unspecified atom stereocenters. The highest BCUT2D eigenvalue weighted by Gasteiger charge is 2.17. The Morgan fingerprint density at radius 3 is 2.57 bits per heavy atom. The van der Waals surface area contributed by atoms with Crippen molar-refractivity contribution in [2.45, 2.75) is 13.0 Å². The Morgan fingerprint density at radius 1 is 1.50 bits per heavy atom. The molecule has 1 atom stereocenters. The first-order valence-electron chi connectivity index (χ1n) is 4.11. The van der Waals surface area contributed by atoms with Gasteiger partial charge in [-0.3, -0.25) is 0 Å². The Balaban J connectivity index is 3.05. The zero-order chi connectivity index (χ0) is 10.7. The first-order valence-corrected chi connectivity index (χ1v) is 4.11. The van der Waals surface area contributed by atoms with Crippen LogP contribution in [0.2, 0.25) is 0 Å². The van der Waals surface area contributed by atoms with Gasteiger partial charge in [0.15, 0.2) is 6.10 Å². The van der Waals surface area contributed by atoms with Crippen LogP contribution in [0.1, 0.15) is 17.2 Å². The van der Waals surface area contributed by atoms with Gasteiger partial charge in [0.1, 0.15) is 5.75 Å². The normalized spacial score (nSPS) is 12.2. The fourth-order valence-corrected chi connectivity index (χ4v) is 1.21. The van der Waals surface area contributed by atoms with E-state index < -0.39 is 12.1 Å². The number of ether oxygens (including phenoxy) is 1. The number of rotatable bonds is 3. The number of carbonyl (C=O) groups is 1. The minimum Gasteiger partial charge on any atom is -0.497 e. The summed E-state index contributed by atoms with van der Waals surface area (Å²) in [5.74, 6) is -0.609.